The molecule has 3 heterocycles. The van der Waals surface area contributed by atoms with Crippen LogP contribution >= 0.6 is 27.7 Å². The Morgan fingerprint density at radius 2 is 1.53 bits per heavy atom. The summed E-state index contributed by atoms with van der Waals surface area (Å²) in [6.07, 6.45) is 3.95. The maximum absolute atomic E-state index is 15.1. The summed E-state index contributed by atoms with van der Waals surface area (Å²) in [5.41, 5.74) is 2.52. The molecule has 2 aromatic carbocycles. The average molecular weight is 724 g/mol. The number of fused-ring (bicyclic) bond motifs is 1. The van der Waals surface area contributed by atoms with Gasteiger partial charge in [-0.3, -0.25) is 14.4 Å². The summed E-state index contributed by atoms with van der Waals surface area (Å²) < 4.78 is -0.854. The number of likely N-dealkylation sites (tertiary alicyclic amines) is 1. The van der Waals surface area contributed by atoms with Gasteiger partial charge in [0.2, 0.25) is 11.8 Å². The van der Waals surface area contributed by atoms with Crippen LogP contribution in [0.4, 0.5) is 17.1 Å². The molecule has 7 atom stereocenters. The molecule has 3 aliphatic heterocycles. The standard InChI is InChI=1S/C37H47BrN4O4S/c1-7-20-40(26-14-12-11-13-15-26)34(44)30-31-35(45)42(29(23-43)24(5)6)33(37(31)22-28(38)32(30)47-37)36(46)41(21-8-2)27-18-16-25(17-19-27)39(9-3)10-4/h7-8,11-19,24,28-33,43H,1-2,9-10,20-23H2,3-6H3/t28?,29-,30-,31-,32-,33?,37?/m0/s1. The molecule has 1 spiro atoms. The van der Waals surface area contributed by atoms with E-state index in [2.05, 4.69) is 47.8 Å². The van der Waals surface area contributed by atoms with Crippen LogP contribution in [0.3, 0.4) is 0 Å². The third-order valence-electron chi connectivity index (χ3n) is 10.1. The number of aliphatic hydroxyl groups excluding tert-OH is 1. The number of rotatable bonds is 14. The van der Waals surface area contributed by atoms with Crippen LogP contribution in [0.15, 0.2) is 79.9 Å². The van der Waals surface area contributed by atoms with Crippen molar-refractivity contribution in [2.75, 3.05) is 47.5 Å². The van der Waals surface area contributed by atoms with Gasteiger partial charge < -0.3 is 24.7 Å². The number of thioether (sulfide) groups is 1. The van der Waals surface area contributed by atoms with Crippen LogP contribution in [0, 0.1) is 17.8 Å². The molecule has 10 heteroatoms. The number of carbonyl (C=O) groups excluding carboxylic acids is 3. The maximum atomic E-state index is 15.1. The molecule has 2 bridgehead atoms. The molecule has 0 saturated carbocycles. The van der Waals surface area contributed by atoms with Gasteiger partial charge in [0.05, 0.1) is 29.2 Å². The lowest BCUT2D eigenvalue weighted by molar-refractivity contribution is -0.142. The van der Waals surface area contributed by atoms with Crippen LogP contribution in [0.1, 0.15) is 34.1 Å². The van der Waals surface area contributed by atoms with E-state index < -0.39 is 28.7 Å². The number of benzene rings is 2. The van der Waals surface area contributed by atoms with Crippen LogP contribution in [0.2, 0.25) is 0 Å². The normalized spacial score (nSPS) is 26.7. The van der Waals surface area contributed by atoms with Crippen molar-refractivity contribution in [1.29, 1.82) is 0 Å². The van der Waals surface area contributed by atoms with E-state index in [1.807, 2.05) is 68.4 Å². The van der Waals surface area contributed by atoms with E-state index in [9.17, 15) is 14.7 Å². The van der Waals surface area contributed by atoms with E-state index in [0.29, 0.717) is 18.7 Å². The second kappa shape index (κ2) is 14.6. The summed E-state index contributed by atoms with van der Waals surface area (Å²) in [7, 11) is 0. The monoisotopic (exact) mass is 722 g/mol. The predicted octanol–water partition coefficient (Wildman–Crippen LogP) is 5.75. The van der Waals surface area contributed by atoms with Crippen molar-refractivity contribution in [2.45, 2.75) is 61.0 Å². The summed E-state index contributed by atoms with van der Waals surface area (Å²) in [4.78, 5) is 51.8. The van der Waals surface area contributed by atoms with Gasteiger partial charge in [-0.25, -0.2) is 0 Å². The van der Waals surface area contributed by atoms with Crippen molar-refractivity contribution in [1.82, 2.24) is 4.90 Å². The zero-order valence-electron chi connectivity index (χ0n) is 27.8. The van der Waals surface area contributed by atoms with E-state index in [1.54, 1.807) is 38.6 Å². The number of aliphatic hydroxyl groups is 1. The first-order valence-electron chi connectivity index (χ1n) is 16.6. The second-order valence-corrected chi connectivity index (χ2v) is 15.6. The quantitative estimate of drug-likeness (QED) is 0.198. The Hall–Kier alpha value is -3.08. The van der Waals surface area contributed by atoms with Crippen molar-refractivity contribution in [3.8, 4) is 0 Å². The molecule has 1 N–H and O–H groups in total. The molecule has 3 fully saturated rings. The van der Waals surface area contributed by atoms with Crippen LogP contribution < -0.4 is 14.7 Å². The van der Waals surface area contributed by atoms with E-state index in [0.717, 1.165) is 24.5 Å². The summed E-state index contributed by atoms with van der Waals surface area (Å²) in [5.74, 6) is -2.08. The van der Waals surface area contributed by atoms with Gasteiger partial charge in [-0.2, -0.15) is 0 Å². The Bertz CT molecular complexity index is 1470. The molecular weight excluding hydrogens is 676 g/mol. The molecule has 3 aliphatic rings. The molecule has 0 aliphatic carbocycles. The van der Waals surface area contributed by atoms with Gasteiger partial charge in [0.1, 0.15) is 6.04 Å². The molecule has 0 aromatic heterocycles. The molecule has 3 unspecified atom stereocenters. The number of amides is 3. The molecule has 2 aromatic rings. The van der Waals surface area contributed by atoms with Crippen molar-refractivity contribution < 1.29 is 19.5 Å². The predicted molar refractivity (Wildman–Crippen MR) is 196 cm³/mol. The van der Waals surface area contributed by atoms with Crippen LogP contribution in [-0.4, -0.2) is 87.4 Å². The number of alkyl halides is 1. The lowest BCUT2D eigenvalue weighted by Crippen LogP contribution is -2.59. The molecule has 3 amide bonds. The SMILES string of the molecule is C=CCN(C(=O)C1N([C@@H](CO)C(C)C)C(=O)[C@@H]2[C@H](C(=O)N(CC=C)c3ccccc3)[C@H]3SC12CC3Br)c1ccc(N(CC)CC)cc1. The first-order chi connectivity index (χ1) is 22.6. The van der Waals surface area contributed by atoms with Crippen LogP contribution in [0.25, 0.3) is 0 Å². The number of anilines is 3. The minimum atomic E-state index is -0.876. The molecule has 47 heavy (non-hydrogen) atoms. The van der Waals surface area contributed by atoms with Crippen molar-refractivity contribution in [3.63, 3.8) is 0 Å². The van der Waals surface area contributed by atoms with Crippen molar-refractivity contribution >= 4 is 62.5 Å². The highest BCUT2D eigenvalue weighted by Gasteiger charge is 2.76. The first-order valence-corrected chi connectivity index (χ1v) is 18.4. The van der Waals surface area contributed by atoms with Crippen LogP contribution in [0.5, 0.6) is 0 Å². The first kappa shape index (κ1) is 35.2. The molecular formula is C37H47BrN4O4S. The number of hydrogen-bond donors (Lipinski definition) is 1. The number of hydrogen-bond acceptors (Lipinski definition) is 6. The maximum Gasteiger partial charge on any atom is 0.251 e. The zero-order valence-corrected chi connectivity index (χ0v) is 30.2. The minimum Gasteiger partial charge on any atom is -0.394 e. The fourth-order valence-corrected chi connectivity index (χ4v) is 11.5. The van der Waals surface area contributed by atoms with Gasteiger partial charge in [-0.15, -0.1) is 24.9 Å². The van der Waals surface area contributed by atoms with Crippen molar-refractivity contribution in [3.05, 3.63) is 79.9 Å². The van der Waals surface area contributed by atoms with Gasteiger partial charge in [0.25, 0.3) is 5.91 Å². The lowest BCUT2D eigenvalue weighted by Gasteiger charge is -2.41. The third-order valence-corrected chi connectivity index (χ3v) is 13.3. The highest BCUT2D eigenvalue weighted by atomic mass is 79.9. The Labute approximate surface area is 292 Å². The third kappa shape index (κ3) is 6.06. The van der Waals surface area contributed by atoms with E-state index in [4.69, 9.17) is 0 Å². The summed E-state index contributed by atoms with van der Waals surface area (Å²) in [6.45, 7) is 18.0. The number of para-hydroxylation sites is 1. The average Bonchev–Trinajstić information content (AvgIpc) is 3.67. The molecule has 3 saturated heterocycles. The Morgan fingerprint density at radius 3 is 2.06 bits per heavy atom. The Morgan fingerprint density at radius 1 is 0.979 bits per heavy atom. The summed E-state index contributed by atoms with van der Waals surface area (Å²) >= 11 is 5.50. The number of carbonyl (C=O) groups is 3. The van der Waals surface area contributed by atoms with E-state index in [-0.39, 0.29) is 46.9 Å². The van der Waals surface area contributed by atoms with Gasteiger partial charge in [0, 0.05) is 53.3 Å². The Balaban J connectivity index is 1.60. The lowest BCUT2D eigenvalue weighted by atomic mass is 9.70. The fourth-order valence-electron chi connectivity index (χ4n) is 7.88. The van der Waals surface area contributed by atoms with Gasteiger partial charge >= 0.3 is 0 Å². The largest absolute Gasteiger partial charge is 0.394 e. The number of halogens is 1. The fraction of sp³-hybridized carbons (Fsp3) is 0.486. The number of nitrogens with zero attached hydrogens (tertiary/aromatic N) is 4. The van der Waals surface area contributed by atoms with E-state index >= 15 is 4.79 Å². The molecule has 0 radical (unpaired) electrons. The minimum absolute atomic E-state index is 0.0741. The smallest absolute Gasteiger partial charge is 0.251 e. The zero-order chi connectivity index (χ0) is 34.0. The summed E-state index contributed by atoms with van der Waals surface area (Å²) in [5, 5.41) is 10.5. The molecule has 8 nitrogen and oxygen atoms in total. The second-order valence-electron chi connectivity index (χ2n) is 12.9. The van der Waals surface area contributed by atoms with Gasteiger partial charge in [-0.05, 0) is 62.6 Å². The molecule has 5 rings (SSSR count). The summed E-state index contributed by atoms with van der Waals surface area (Å²) in [6, 6.07) is 15.9. The van der Waals surface area contributed by atoms with E-state index in [1.165, 1.54) is 0 Å². The van der Waals surface area contributed by atoms with Gasteiger partial charge in [0.15, 0.2) is 0 Å². The van der Waals surface area contributed by atoms with Crippen molar-refractivity contribution in [2.24, 2.45) is 17.8 Å². The molecule has 252 valence electrons. The topological polar surface area (TPSA) is 84.4 Å². The van der Waals surface area contributed by atoms with Gasteiger partial charge in [-0.1, -0.05) is 60.1 Å². The van der Waals surface area contributed by atoms with Crippen LogP contribution in [-0.2, 0) is 14.4 Å². The highest BCUT2D eigenvalue weighted by Crippen LogP contribution is 2.68. The highest BCUT2D eigenvalue weighted by molar-refractivity contribution is 9.09. The Kier molecular flexibility index (Phi) is 10.9.